The van der Waals surface area contributed by atoms with E-state index >= 15 is 0 Å². The van der Waals surface area contributed by atoms with Gasteiger partial charge in [0.15, 0.2) is 0 Å². The van der Waals surface area contributed by atoms with E-state index in [1.54, 1.807) is 11.8 Å². The van der Waals surface area contributed by atoms with Crippen molar-refractivity contribution >= 4 is 11.8 Å². The minimum absolute atomic E-state index is 0.00541. The van der Waals surface area contributed by atoms with Crippen LogP contribution >= 0.6 is 0 Å². The Morgan fingerprint density at radius 1 is 1.26 bits per heavy atom. The summed E-state index contributed by atoms with van der Waals surface area (Å²) in [5.41, 5.74) is 0. The molecule has 0 unspecified atom stereocenters. The highest BCUT2D eigenvalue weighted by Crippen LogP contribution is 2.18. The van der Waals surface area contributed by atoms with Gasteiger partial charge < -0.3 is 20.1 Å². The number of nitrogens with one attached hydrogen (secondary N) is 1. The van der Waals surface area contributed by atoms with Crippen molar-refractivity contribution in [1.29, 1.82) is 0 Å². The van der Waals surface area contributed by atoms with Crippen molar-refractivity contribution in [3.8, 4) is 0 Å². The molecule has 0 saturated carbocycles. The molecule has 0 radical (unpaired) electrons. The second kappa shape index (κ2) is 6.34. The molecule has 2 atom stereocenters. The molecule has 0 bridgehead atoms. The van der Waals surface area contributed by atoms with E-state index in [9.17, 15) is 14.7 Å². The molecule has 6 nitrogen and oxygen atoms in total. The third-order valence-electron chi connectivity index (χ3n) is 3.96. The molecule has 2 heterocycles. The summed E-state index contributed by atoms with van der Waals surface area (Å²) in [6, 6.07) is -0.202. The lowest BCUT2D eigenvalue weighted by atomic mass is 9.94. The number of carbonyl (C=O) groups excluding carboxylic acids is 2. The molecule has 0 aromatic rings. The van der Waals surface area contributed by atoms with Crippen LogP contribution < -0.4 is 5.32 Å². The van der Waals surface area contributed by atoms with E-state index in [2.05, 4.69) is 5.32 Å². The number of aliphatic hydroxyl groups is 1. The SMILES string of the molecule is CC(=O)N1CCC(C(=O)N[C@@H]2CCOC[C@H]2O)CC1. The lowest BCUT2D eigenvalue weighted by Gasteiger charge is -2.33. The van der Waals surface area contributed by atoms with Gasteiger partial charge in [0.2, 0.25) is 11.8 Å². The monoisotopic (exact) mass is 270 g/mol. The van der Waals surface area contributed by atoms with Crippen LogP contribution in [0.4, 0.5) is 0 Å². The Balaban J connectivity index is 1.79. The molecule has 6 heteroatoms. The van der Waals surface area contributed by atoms with Crippen LogP contribution in [0.1, 0.15) is 26.2 Å². The molecule has 2 saturated heterocycles. The third kappa shape index (κ3) is 3.67. The number of nitrogens with zero attached hydrogens (tertiary/aromatic N) is 1. The molecule has 2 amide bonds. The molecule has 2 aliphatic heterocycles. The Morgan fingerprint density at radius 3 is 2.53 bits per heavy atom. The molecule has 0 spiro atoms. The van der Waals surface area contributed by atoms with Crippen LogP contribution in [-0.2, 0) is 14.3 Å². The van der Waals surface area contributed by atoms with E-state index in [0.717, 1.165) is 0 Å². The largest absolute Gasteiger partial charge is 0.389 e. The number of likely N-dealkylation sites (tertiary alicyclic amines) is 1. The van der Waals surface area contributed by atoms with E-state index in [1.165, 1.54) is 0 Å². The minimum Gasteiger partial charge on any atom is -0.389 e. The highest BCUT2D eigenvalue weighted by molar-refractivity contribution is 5.80. The number of piperidine rings is 1. The van der Waals surface area contributed by atoms with Gasteiger partial charge in [0.25, 0.3) is 0 Å². The zero-order valence-corrected chi connectivity index (χ0v) is 11.3. The molecule has 0 aromatic carbocycles. The van der Waals surface area contributed by atoms with Crippen LogP contribution in [0.2, 0.25) is 0 Å². The van der Waals surface area contributed by atoms with E-state index in [0.29, 0.717) is 39.0 Å². The predicted octanol–water partition coefficient (Wildman–Crippen LogP) is -0.489. The average Bonchev–Trinajstić information content (AvgIpc) is 2.41. The molecule has 0 aliphatic carbocycles. The zero-order valence-electron chi connectivity index (χ0n) is 11.3. The summed E-state index contributed by atoms with van der Waals surface area (Å²) in [5, 5.41) is 12.6. The Hall–Kier alpha value is -1.14. The van der Waals surface area contributed by atoms with E-state index in [4.69, 9.17) is 4.74 Å². The second-order valence-corrected chi connectivity index (χ2v) is 5.33. The van der Waals surface area contributed by atoms with Gasteiger partial charge in [-0.05, 0) is 19.3 Å². The lowest BCUT2D eigenvalue weighted by molar-refractivity contribution is -0.135. The first-order valence-corrected chi connectivity index (χ1v) is 6.89. The summed E-state index contributed by atoms with van der Waals surface area (Å²) in [7, 11) is 0. The number of hydrogen-bond donors (Lipinski definition) is 2. The number of amides is 2. The summed E-state index contributed by atoms with van der Waals surface area (Å²) in [5.74, 6) is 0.0125. The molecular formula is C13H22N2O4. The van der Waals surface area contributed by atoms with Crippen molar-refractivity contribution in [2.75, 3.05) is 26.3 Å². The van der Waals surface area contributed by atoms with Gasteiger partial charge in [-0.3, -0.25) is 9.59 Å². The van der Waals surface area contributed by atoms with Gasteiger partial charge in [0.1, 0.15) is 0 Å². The first-order chi connectivity index (χ1) is 9.08. The summed E-state index contributed by atoms with van der Waals surface area (Å²) in [4.78, 5) is 25.1. The summed E-state index contributed by atoms with van der Waals surface area (Å²) >= 11 is 0. The van der Waals surface area contributed by atoms with Crippen LogP contribution in [0.3, 0.4) is 0 Å². The second-order valence-electron chi connectivity index (χ2n) is 5.33. The minimum atomic E-state index is -0.616. The van der Waals surface area contributed by atoms with Gasteiger partial charge in [-0.2, -0.15) is 0 Å². The number of rotatable bonds is 2. The van der Waals surface area contributed by atoms with Crippen molar-refractivity contribution in [2.45, 2.75) is 38.3 Å². The van der Waals surface area contributed by atoms with Crippen LogP contribution in [0, 0.1) is 5.92 Å². The lowest BCUT2D eigenvalue weighted by Crippen LogP contribution is -2.51. The molecule has 19 heavy (non-hydrogen) atoms. The first-order valence-electron chi connectivity index (χ1n) is 6.89. The molecule has 2 rings (SSSR count). The van der Waals surface area contributed by atoms with E-state index < -0.39 is 6.10 Å². The van der Waals surface area contributed by atoms with Gasteiger partial charge in [-0.15, -0.1) is 0 Å². The molecular weight excluding hydrogens is 248 g/mol. The van der Waals surface area contributed by atoms with Crippen LogP contribution in [0.25, 0.3) is 0 Å². The van der Waals surface area contributed by atoms with Crippen molar-refractivity contribution in [3.63, 3.8) is 0 Å². The van der Waals surface area contributed by atoms with Gasteiger partial charge in [0, 0.05) is 32.5 Å². The maximum atomic E-state index is 12.1. The maximum absolute atomic E-state index is 12.1. The Morgan fingerprint density at radius 2 is 1.95 bits per heavy atom. The number of carbonyl (C=O) groups is 2. The van der Waals surface area contributed by atoms with Crippen LogP contribution in [0.15, 0.2) is 0 Å². The average molecular weight is 270 g/mol. The fourth-order valence-electron chi connectivity index (χ4n) is 2.65. The normalized spacial score (nSPS) is 29.1. The molecule has 108 valence electrons. The van der Waals surface area contributed by atoms with Crippen LogP contribution in [-0.4, -0.2) is 60.3 Å². The number of aliphatic hydroxyl groups excluding tert-OH is 1. The highest BCUT2D eigenvalue weighted by Gasteiger charge is 2.30. The topological polar surface area (TPSA) is 78.9 Å². The third-order valence-corrected chi connectivity index (χ3v) is 3.96. The standard InChI is InChI=1S/C13H22N2O4/c1-9(16)15-5-2-10(3-6-15)13(18)14-11-4-7-19-8-12(11)17/h10-12,17H,2-8H2,1H3,(H,14,18)/t11-,12-/m1/s1. The Bertz CT molecular complexity index is 340. The van der Waals surface area contributed by atoms with Crippen LogP contribution in [0.5, 0.6) is 0 Å². The van der Waals surface area contributed by atoms with Gasteiger partial charge >= 0.3 is 0 Å². The number of hydrogen-bond acceptors (Lipinski definition) is 4. The number of ether oxygens (including phenoxy) is 1. The predicted molar refractivity (Wildman–Crippen MR) is 68.4 cm³/mol. The fraction of sp³-hybridized carbons (Fsp3) is 0.846. The van der Waals surface area contributed by atoms with Gasteiger partial charge in [-0.25, -0.2) is 0 Å². The highest BCUT2D eigenvalue weighted by atomic mass is 16.5. The van der Waals surface area contributed by atoms with Crippen molar-refractivity contribution in [2.24, 2.45) is 5.92 Å². The van der Waals surface area contributed by atoms with Gasteiger partial charge in [-0.1, -0.05) is 0 Å². The van der Waals surface area contributed by atoms with Gasteiger partial charge in [0.05, 0.1) is 18.8 Å². The molecule has 2 N–H and O–H groups in total. The van der Waals surface area contributed by atoms with E-state index in [1.807, 2.05) is 0 Å². The summed E-state index contributed by atoms with van der Waals surface area (Å²) < 4.78 is 5.13. The molecule has 2 aliphatic rings. The van der Waals surface area contributed by atoms with Crippen molar-refractivity contribution < 1.29 is 19.4 Å². The van der Waals surface area contributed by atoms with Crippen molar-refractivity contribution in [3.05, 3.63) is 0 Å². The molecule has 0 aromatic heterocycles. The summed E-state index contributed by atoms with van der Waals surface area (Å²) in [6.07, 6.45) is 1.43. The zero-order chi connectivity index (χ0) is 13.8. The van der Waals surface area contributed by atoms with E-state index in [-0.39, 0.29) is 30.4 Å². The molecule has 2 fully saturated rings. The first kappa shape index (κ1) is 14.3. The summed E-state index contributed by atoms with van der Waals surface area (Å²) in [6.45, 7) is 3.70. The van der Waals surface area contributed by atoms with Crippen molar-refractivity contribution in [1.82, 2.24) is 10.2 Å². The fourth-order valence-corrected chi connectivity index (χ4v) is 2.65. The smallest absolute Gasteiger partial charge is 0.223 e. The quantitative estimate of drug-likeness (QED) is 0.710. The Labute approximate surface area is 113 Å². The maximum Gasteiger partial charge on any atom is 0.223 e. The Kier molecular flexibility index (Phi) is 4.76.